The minimum absolute atomic E-state index is 0. The second kappa shape index (κ2) is 9.81. The van der Waals surface area contributed by atoms with Crippen LogP contribution in [0.5, 0.6) is 0 Å². The number of piperidine rings is 1. The van der Waals surface area contributed by atoms with E-state index in [0.29, 0.717) is 23.6 Å². The molecule has 2 heterocycles. The fourth-order valence-electron chi connectivity index (χ4n) is 5.07. The topological polar surface area (TPSA) is 61.8 Å². The molecule has 0 amide bonds. The minimum Gasteiger partial charge on any atom is -0.378 e. The molecule has 1 saturated heterocycles. The van der Waals surface area contributed by atoms with E-state index < -0.39 is 0 Å². The van der Waals surface area contributed by atoms with E-state index in [2.05, 4.69) is 51.5 Å². The Bertz CT molecular complexity index is 683. The van der Waals surface area contributed by atoms with E-state index in [1.54, 1.807) is 0 Å². The van der Waals surface area contributed by atoms with Crippen molar-refractivity contribution >= 4 is 35.8 Å². The molecule has 2 aliphatic carbocycles. The first-order valence-electron chi connectivity index (χ1n) is 10.9. The number of anilines is 1. The molecule has 1 aromatic rings. The van der Waals surface area contributed by atoms with Gasteiger partial charge in [0.2, 0.25) is 0 Å². The van der Waals surface area contributed by atoms with Crippen molar-refractivity contribution in [1.29, 1.82) is 0 Å². The smallest absolute Gasteiger partial charge is 0.191 e. The summed E-state index contributed by atoms with van der Waals surface area (Å²) in [7, 11) is 1.88. The van der Waals surface area contributed by atoms with Crippen molar-refractivity contribution in [3.63, 3.8) is 0 Å². The van der Waals surface area contributed by atoms with Crippen molar-refractivity contribution in [3.8, 4) is 0 Å². The fourth-order valence-corrected chi connectivity index (χ4v) is 5.07. The number of aryl methyl sites for hydroxylation is 1. The van der Waals surface area contributed by atoms with Crippen molar-refractivity contribution in [2.24, 2.45) is 10.4 Å². The molecule has 0 bridgehead atoms. The van der Waals surface area contributed by atoms with Gasteiger partial charge < -0.3 is 20.3 Å². The number of pyridine rings is 1. The maximum absolute atomic E-state index is 5.98. The number of guanidine groups is 1. The molecule has 1 spiro atoms. The summed E-state index contributed by atoms with van der Waals surface area (Å²) in [5.41, 5.74) is 1.57. The van der Waals surface area contributed by atoms with Crippen molar-refractivity contribution in [1.82, 2.24) is 15.6 Å². The number of nitrogens with one attached hydrogen (secondary N) is 2. The van der Waals surface area contributed by atoms with Crippen LogP contribution in [0.2, 0.25) is 0 Å². The Morgan fingerprint density at radius 2 is 2.03 bits per heavy atom. The molecule has 162 valence electrons. The lowest BCUT2D eigenvalue weighted by Gasteiger charge is -2.61. The molecular weight excluding hydrogens is 477 g/mol. The van der Waals surface area contributed by atoms with Gasteiger partial charge in [0.25, 0.3) is 0 Å². The van der Waals surface area contributed by atoms with Gasteiger partial charge in [-0.15, -0.1) is 24.0 Å². The summed E-state index contributed by atoms with van der Waals surface area (Å²) in [4.78, 5) is 11.5. The third-order valence-corrected chi connectivity index (χ3v) is 7.03. The maximum atomic E-state index is 5.98. The van der Waals surface area contributed by atoms with Gasteiger partial charge in [0.1, 0.15) is 5.82 Å². The summed E-state index contributed by atoms with van der Waals surface area (Å²) in [5.74, 6) is 2.05. The Morgan fingerprint density at radius 1 is 1.28 bits per heavy atom. The number of hydrogen-bond donors (Lipinski definition) is 2. The molecule has 2 saturated carbocycles. The average molecular weight is 513 g/mol. The molecule has 2 N–H and O–H groups in total. The highest BCUT2D eigenvalue weighted by atomic mass is 127. The van der Waals surface area contributed by atoms with Crippen molar-refractivity contribution in [2.75, 3.05) is 31.6 Å². The van der Waals surface area contributed by atoms with E-state index in [1.807, 2.05) is 13.2 Å². The van der Waals surface area contributed by atoms with Crippen LogP contribution in [0.15, 0.2) is 23.3 Å². The highest BCUT2D eigenvalue weighted by molar-refractivity contribution is 14.0. The number of aliphatic imine (C=N–C) groups is 1. The molecular formula is C22H36IN5O. The predicted molar refractivity (Wildman–Crippen MR) is 129 cm³/mol. The molecule has 6 nitrogen and oxygen atoms in total. The highest BCUT2D eigenvalue weighted by Crippen LogP contribution is 2.57. The summed E-state index contributed by atoms with van der Waals surface area (Å²) in [6.07, 6.45) is 9.61. The average Bonchev–Trinajstić information content (AvgIpc) is 2.66. The van der Waals surface area contributed by atoms with Crippen LogP contribution in [0.3, 0.4) is 0 Å². The van der Waals surface area contributed by atoms with Gasteiger partial charge in [0, 0.05) is 50.4 Å². The Kier molecular flexibility index (Phi) is 7.64. The van der Waals surface area contributed by atoms with Crippen LogP contribution in [0.1, 0.15) is 51.0 Å². The monoisotopic (exact) mass is 513 g/mol. The molecule has 2 atom stereocenters. The normalized spacial score (nSPS) is 26.3. The molecule has 0 radical (unpaired) electrons. The van der Waals surface area contributed by atoms with Gasteiger partial charge in [0.05, 0.1) is 6.10 Å². The molecule has 29 heavy (non-hydrogen) atoms. The first-order chi connectivity index (χ1) is 13.6. The van der Waals surface area contributed by atoms with Gasteiger partial charge in [-0.05, 0) is 57.6 Å². The number of halogens is 1. The molecule has 3 aliphatic rings. The summed E-state index contributed by atoms with van der Waals surface area (Å²) in [6, 6.07) is 5.24. The summed E-state index contributed by atoms with van der Waals surface area (Å²) in [5, 5.41) is 7.38. The molecule has 1 aromatic heterocycles. The Morgan fingerprint density at radius 3 is 2.59 bits per heavy atom. The van der Waals surface area contributed by atoms with Crippen LogP contribution in [-0.4, -0.2) is 55.9 Å². The molecule has 7 heteroatoms. The zero-order valence-electron chi connectivity index (χ0n) is 18.0. The van der Waals surface area contributed by atoms with Crippen molar-refractivity contribution in [3.05, 3.63) is 23.9 Å². The standard InChI is InChI=1S/C22H35N5O.HI/c1-4-28-19-14-18(22(19)10-5-11-22)26-21(23-3)25-17-8-12-27(13-9-17)20-7-6-16(2)15-24-20;/h6-7,15,17-19H,4-5,8-14H2,1-3H3,(H2,23,25,26);1H. The second-order valence-electron chi connectivity index (χ2n) is 8.63. The number of aromatic nitrogens is 1. The first-order valence-corrected chi connectivity index (χ1v) is 10.9. The number of rotatable bonds is 5. The third kappa shape index (κ3) is 4.65. The Hall–Kier alpha value is -1.09. The largest absolute Gasteiger partial charge is 0.378 e. The van der Waals surface area contributed by atoms with Gasteiger partial charge in [-0.3, -0.25) is 4.99 Å². The summed E-state index contributed by atoms with van der Waals surface area (Å²) < 4.78 is 5.98. The summed E-state index contributed by atoms with van der Waals surface area (Å²) in [6.45, 7) is 7.07. The van der Waals surface area contributed by atoms with E-state index >= 15 is 0 Å². The van der Waals surface area contributed by atoms with E-state index in [0.717, 1.165) is 50.7 Å². The van der Waals surface area contributed by atoms with E-state index in [1.165, 1.54) is 24.8 Å². The molecule has 1 aliphatic heterocycles. The van der Waals surface area contributed by atoms with Gasteiger partial charge in [-0.2, -0.15) is 0 Å². The first kappa shape index (κ1) is 22.6. The fraction of sp³-hybridized carbons (Fsp3) is 0.727. The molecule has 3 fully saturated rings. The highest BCUT2D eigenvalue weighted by Gasteiger charge is 2.59. The molecule has 0 aromatic carbocycles. The van der Waals surface area contributed by atoms with Gasteiger partial charge in [0.15, 0.2) is 5.96 Å². The predicted octanol–water partition coefficient (Wildman–Crippen LogP) is 3.49. The Labute approximate surface area is 192 Å². The minimum atomic E-state index is 0. The SMILES string of the molecule is CCOC1CC(NC(=NC)NC2CCN(c3ccc(C)cn3)CC2)C12CCC2.I. The Balaban J connectivity index is 0.00000240. The van der Waals surface area contributed by atoms with Crippen LogP contribution in [0, 0.1) is 12.3 Å². The van der Waals surface area contributed by atoms with Gasteiger partial charge in [-0.1, -0.05) is 12.5 Å². The van der Waals surface area contributed by atoms with Crippen molar-refractivity contribution in [2.45, 2.75) is 70.6 Å². The second-order valence-corrected chi connectivity index (χ2v) is 8.63. The third-order valence-electron chi connectivity index (χ3n) is 7.03. The quantitative estimate of drug-likeness (QED) is 0.359. The lowest BCUT2D eigenvalue weighted by atomic mass is 9.51. The maximum Gasteiger partial charge on any atom is 0.191 e. The summed E-state index contributed by atoms with van der Waals surface area (Å²) >= 11 is 0. The van der Waals surface area contributed by atoms with E-state index in [-0.39, 0.29) is 24.0 Å². The van der Waals surface area contributed by atoms with Crippen LogP contribution < -0.4 is 15.5 Å². The lowest BCUT2D eigenvalue weighted by molar-refractivity contribution is -0.168. The van der Waals surface area contributed by atoms with E-state index in [9.17, 15) is 0 Å². The molecule has 4 rings (SSSR count). The number of hydrogen-bond acceptors (Lipinski definition) is 4. The zero-order valence-corrected chi connectivity index (χ0v) is 20.3. The van der Waals surface area contributed by atoms with Gasteiger partial charge in [-0.25, -0.2) is 4.98 Å². The van der Waals surface area contributed by atoms with Crippen LogP contribution in [0.25, 0.3) is 0 Å². The zero-order chi connectivity index (χ0) is 19.6. The molecule has 2 unspecified atom stereocenters. The van der Waals surface area contributed by atoms with Crippen LogP contribution >= 0.6 is 24.0 Å². The van der Waals surface area contributed by atoms with E-state index in [4.69, 9.17) is 4.74 Å². The lowest BCUT2D eigenvalue weighted by Crippen LogP contribution is -2.69. The van der Waals surface area contributed by atoms with Crippen LogP contribution in [-0.2, 0) is 4.74 Å². The van der Waals surface area contributed by atoms with Gasteiger partial charge >= 0.3 is 0 Å². The number of ether oxygens (including phenoxy) is 1. The van der Waals surface area contributed by atoms with Crippen molar-refractivity contribution < 1.29 is 4.74 Å². The van der Waals surface area contributed by atoms with Crippen LogP contribution in [0.4, 0.5) is 5.82 Å². The number of nitrogens with zero attached hydrogens (tertiary/aromatic N) is 3.